The van der Waals surface area contributed by atoms with E-state index < -0.39 is 5.97 Å². The number of amides is 2. The molecule has 2 heterocycles. The van der Waals surface area contributed by atoms with Crippen molar-refractivity contribution >= 4 is 17.7 Å². The Kier molecular flexibility index (Phi) is 4.33. The van der Waals surface area contributed by atoms with E-state index in [1.807, 2.05) is 0 Å². The van der Waals surface area contributed by atoms with E-state index in [4.69, 9.17) is 5.11 Å². The summed E-state index contributed by atoms with van der Waals surface area (Å²) in [6.45, 7) is 1.20. The molecule has 6 heteroatoms. The molecule has 1 aliphatic heterocycles. The third kappa shape index (κ3) is 3.94. The minimum absolute atomic E-state index is 0.151. The molecule has 102 valence electrons. The number of urea groups is 1. The molecule has 1 aromatic rings. The van der Waals surface area contributed by atoms with E-state index in [0.29, 0.717) is 18.8 Å². The zero-order chi connectivity index (χ0) is 13.7. The zero-order valence-corrected chi connectivity index (χ0v) is 10.6. The van der Waals surface area contributed by atoms with Crippen molar-refractivity contribution < 1.29 is 14.7 Å². The summed E-state index contributed by atoms with van der Waals surface area (Å²) in [7, 11) is 0. The first kappa shape index (κ1) is 13.3. The van der Waals surface area contributed by atoms with Gasteiger partial charge in [0.05, 0.1) is 11.9 Å². The van der Waals surface area contributed by atoms with Gasteiger partial charge in [0.15, 0.2) is 0 Å². The number of likely N-dealkylation sites (tertiary alicyclic amines) is 1. The molecule has 1 aromatic heterocycles. The molecule has 6 nitrogen and oxygen atoms in total. The van der Waals surface area contributed by atoms with Gasteiger partial charge in [0.25, 0.3) is 0 Å². The summed E-state index contributed by atoms with van der Waals surface area (Å²) in [6.07, 6.45) is 4.92. The maximum absolute atomic E-state index is 12.0. The van der Waals surface area contributed by atoms with Gasteiger partial charge in [0.1, 0.15) is 0 Å². The first-order valence-electron chi connectivity index (χ1n) is 6.33. The number of aliphatic carboxylic acids is 1. The monoisotopic (exact) mass is 263 g/mol. The van der Waals surface area contributed by atoms with Crippen LogP contribution in [0.5, 0.6) is 0 Å². The molecular formula is C13H17N3O3. The summed E-state index contributed by atoms with van der Waals surface area (Å²) in [5.74, 6) is -0.585. The number of pyridine rings is 1. The Bertz CT molecular complexity index is 442. The van der Waals surface area contributed by atoms with Crippen molar-refractivity contribution in [1.82, 2.24) is 9.88 Å². The molecule has 0 saturated carbocycles. The average Bonchev–Trinajstić information content (AvgIpc) is 2.40. The van der Waals surface area contributed by atoms with Gasteiger partial charge in [0, 0.05) is 25.7 Å². The molecular weight excluding hydrogens is 246 g/mol. The van der Waals surface area contributed by atoms with Gasteiger partial charge in [-0.05, 0) is 30.9 Å². The number of carboxylic acid groups (broad SMARTS) is 1. The minimum atomic E-state index is -0.765. The number of nitrogens with one attached hydrogen (secondary N) is 1. The molecule has 0 radical (unpaired) electrons. The lowest BCUT2D eigenvalue weighted by Crippen LogP contribution is -2.41. The number of anilines is 1. The Morgan fingerprint density at radius 2 is 2.16 bits per heavy atom. The molecule has 2 amide bonds. The second kappa shape index (κ2) is 6.17. The number of carboxylic acids is 1. The van der Waals surface area contributed by atoms with E-state index in [1.54, 1.807) is 29.4 Å². The van der Waals surface area contributed by atoms with Crippen molar-refractivity contribution in [2.24, 2.45) is 5.92 Å². The highest BCUT2D eigenvalue weighted by molar-refractivity contribution is 5.89. The smallest absolute Gasteiger partial charge is 0.321 e. The van der Waals surface area contributed by atoms with E-state index in [1.165, 1.54) is 0 Å². The Labute approximate surface area is 111 Å². The van der Waals surface area contributed by atoms with Gasteiger partial charge in [-0.15, -0.1) is 0 Å². The average molecular weight is 263 g/mol. The van der Waals surface area contributed by atoms with Crippen molar-refractivity contribution in [2.75, 3.05) is 18.4 Å². The van der Waals surface area contributed by atoms with Crippen LogP contribution in [0.15, 0.2) is 24.5 Å². The van der Waals surface area contributed by atoms with E-state index in [2.05, 4.69) is 10.3 Å². The van der Waals surface area contributed by atoms with E-state index in [0.717, 1.165) is 12.8 Å². The molecule has 0 unspecified atom stereocenters. The predicted molar refractivity (Wildman–Crippen MR) is 69.8 cm³/mol. The van der Waals surface area contributed by atoms with Crippen molar-refractivity contribution in [1.29, 1.82) is 0 Å². The largest absolute Gasteiger partial charge is 0.481 e. The van der Waals surface area contributed by atoms with Crippen LogP contribution in [0, 0.1) is 5.92 Å². The molecule has 0 aromatic carbocycles. The first-order valence-corrected chi connectivity index (χ1v) is 6.33. The molecule has 1 fully saturated rings. The number of hydrogen-bond donors (Lipinski definition) is 2. The highest BCUT2D eigenvalue weighted by Crippen LogP contribution is 2.21. The molecule has 2 rings (SSSR count). The third-order valence-electron chi connectivity index (χ3n) is 3.28. The quantitative estimate of drug-likeness (QED) is 0.871. The van der Waals surface area contributed by atoms with Gasteiger partial charge in [-0.3, -0.25) is 9.78 Å². The fraction of sp³-hybridized carbons (Fsp3) is 0.462. The SMILES string of the molecule is O=C(O)CC1CCN(C(=O)Nc2cccnc2)CC1. The van der Waals surface area contributed by atoms with Crippen LogP contribution in [-0.2, 0) is 4.79 Å². The second-order valence-electron chi connectivity index (χ2n) is 4.70. The van der Waals surface area contributed by atoms with E-state index >= 15 is 0 Å². The second-order valence-corrected chi connectivity index (χ2v) is 4.70. The molecule has 2 N–H and O–H groups in total. The van der Waals surface area contributed by atoms with Gasteiger partial charge < -0.3 is 15.3 Å². The summed E-state index contributed by atoms with van der Waals surface area (Å²) < 4.78 is 0. The summed E-state index contributed by atoms with van der Waals surface area (Å²) >= 11 is 0. The van der Waals surface area contributed by atoms with Crippen LogP contribution in [0.1, 0.15) is 19.3 Å². The van der Waals surface area contributed by atoms with E-state index in [-0.39, 0.29) is 18.4 Å². The maximum Gasteiger partial charge on any atom is 0.321 e. The fourth-order valence-electron chi connectivity index (χ4n) is 2.23. The predicted octanol–water partition coefficient (Wildman–Crippen LogP) is 1.80. The van der Waals surface area contributed by atoms with Gasteiger partial charge in [-0.2, -0.15) is 0 Å². The van der Waals surface area contributed by atoms with Gasteiger partial charge >= 0.3 is 12.0 Å². The van der Waals surface area contributed by atoms with Crippen LogP contribution < -0.4 is 5.32 Å². The van der Waals surface area contributed by atoms with Crippen LogP contribution in [0.25, 0.3) is 0 Å². The van der Waals surface area contributed by atoms with Gasteiger partial charge in [-0.25, -0.2) is 4.79 Å². The Balaban J connectivity index is 1.81. The fourth-order valence-corrected chi connectivity index (χ4v) is 2.23. The summed E-state index contributed by atoms with van der Waals surface area (Å²) in [5, 5.41) is 11.5. The van der Waals surface area contributed by atoms with Crippen LogP contribution in [0.4, 0.5) is 10.5 Å². The number of carbonyl (C=O) groups is 2. The van der Waals surface area contributed by atoms with Crippen molar-refractivity contribution in [3.63, 3.8) is 0 Å². The number of piperidine rings is 1. The van der Waals surface area contributed by atoms with Crippen LogP contribution >= 0.6 is 0 Å². The number of aromatic nitrogens is 1. The van der Waals surface area contributed by atoms with Crippen molar-refractivity contribution in [3.8, 4) is 0 Å². The highest BCUT2D eigenvalue weighted by Gasteiger charge is 2.24. The van der Waals surface area contributed by atoms with Crippen LogP contribution in [-0.4, -0.2) is 40.1 Å². The van der Waals surface area contributed by atoms with Crippen LogP contribution in [0.3, 0.4) is 0 Å². The number of carbonyl (C=O) groups excluding carboxylic acids is 1. The number of rotatable bonds is 3. The first-order chi connectivity index (χ1) is 9.15. The highest BCUT2D eigenvalue weighted by atomic mass is 16.4. The topological polar surface area (TPSA) is 82.5 Å². The lowest BCUT2D eigenvalue weighted by molar-refractivity contribution is -0.138. The van der Waals surface area contributed by atoms with Gasteiger partial charge in [-0.1, -0.05) is 0 Å². The summed E-state index contributed by atoms with van der Waals surface area (Å²) in [4.78, 5) is 28.2. The van der Waals surface area contributed by atoms with Crippen molar-refractivity contribution in [2.45, 2.75) is 19.3 Å². The number of hydrogen-bond acceptors (Lipinski definition) is 3. The molecule has 19 heavy (non-hydrogen) atoms. The van der Waals surface area contributed by atoms with Crippen LogP contribution in [0.2, 0.25) is 0 Å². The Morgan fingerprint density at radius 1 is 1.42 bits per heavy atom. The molecule has 0 spiro atoms. The van der Waals surface area contributed by atoms with Crippen molar-refractivity contribution in [3.05, 3.63) is 24.5 Å². The lowest BCUT2D eigenvalue weighted by atomic mass is 9.94. The minimum Gasteiger partial charge on any atom is -0.481 e. The summed E-state index contributed by atoms with van der Waals surface area (Å²) in [6, 6.07) is 3.39. The molecule has 1 aliphatic rings. The normalized spacial score (nSPS) is 16.1. The Morgan fingerprint density at radius 3 is 2.74 bits per heavy atom. The molecule has 0 aliphatic carbocycles. The Hall–Kier alpha value is -2.11. The third-order valence-corrected chi connectivity index (χ3v) is 3.28. The van der Waals surface area contributed by atoms with E-state index in [9.17, 15) is 9.59 Å². The maximum atomic E-state index is 12.0. The molecule has 0 atom stereocenters. The molecule has 1 saturated heterocycles. The zero-order valence-electron chi connectivity index (χ0n) is 10.6. The molecule has 0 bridgehead atoms. The standard InChI is InChI=1S/C13H17N3O3/c17-12(18)8-10-3-6-16(7-4-10)13(19)15-11-2-1-5-14-9-11/h1-2,5,9-10H,3-4,6-8H2,(H,15,19)(H,17,18). The van der Waals surface area contributed by atoms with Gasteiger partial charge in [0.2, 0.25) is 0 Å². The lowest BCUT2D eigenvalue weighted by Gasteiger charge is -2.31. The number of nitrogens with zero attached hydrogens (tertiary/aromatic N) is 2. The summed E-state index contributed by atoms with van der Waals surface area (Å²) in [5.41, 5.74) is 0.667.